The van der Waals surface area contributed by atoms with Crippen molar-refractivity contribution in [3.8, 4) is 6.19 Å². The Kier molecular flexibility index (Phi) is 4.24. The Morgan fingerprint density at radius 1 is 1.62 bits per heavy atom. The van der Waals surface area contributed by atoms with Gasteiger partial charge >= 0.3 is 0 Å². The molecule has 0 fully saturated rings. The normalized spacial score (nSPS) is 14.2. The molecule has 0 bridgehead atoms. The third-order valence-electron chi connectivity index (χ3n) is 1.90. The molecule has 0 radical (unpaired) electrons. The minimum atomic E-state index is -2.71. The monoisotopic (exact) mass is 258 g/mol. The summed E-state index contributed by atoms with van der Waals surface area (Å²) in [5.41, 5.74) is 0.724. The summed E-state index contributed by atoms with van der Waals surface area (Å²) in [5, 5.41) is 8.89. The Bertz CT molecular complexity index is 511. The van der Waals surface area contributed by atoms with Crippen LogP contribution in [0.5, 0.6) is 0 Å². The first kappa shape index (κ1) is 12.9. The quantitative estimate of drug-likeness (QED) is 0.612. The number of nitriles is 1. The Morgan fingerprint density at radius 3 is 2.75 bits per heavy atom. The van der Waals surface area contributed by atoms with E-state index in [4.69, 9.17) is 16.9 Å². The first-order valence-corrected chi connectivity index (χ1v) is 6.40. The van der Waals surface area contributed by atoms with Gasteiger partial charge in [0.05, 0.1) is 5.75 Å². The van der Waals surface area contributed by atoms with Crippen LogP contribution in [0.1, 0.15) is 5.56 Å². The molecule has 0 aliphatic rings. The van der Waals surface area contributed by atoms with Crippen LogP contribution in [0.2, 0.25) is 5.15 Å². The Hall–Kier alpha value is -1.16. The van der Waals surface area contributed by atoms with Crippen LogP contribution in [-0.2, 0) is 15.7 Å². The largest absolute Gasteiger partial charge is 0.244 e. The lowest BCUT2D eigenvalue weighted by molar-refractivity contribution is 0.591. The molecule has 0 saturated carbocycles. The van der Waals surface area contributed by atoms with Crippen molar-refractivity contribution in [2.45, 2.75) is 5.75 Å². The molecular weight excluding hydrogens is 248 g/mol. The zero-order valence-corrected chi connectivity index (χ0v) is 10.5. The lowest BCUT2D eigenvalue weighted by Gasteiger charge is -2.14. The second-order valence-electron chi connectivity index (χ2n) is 3.24. The van der Waals surface area contributed by atoms with Gasteiger partial charge in [0.1, 0.15) is 15.1 Å². The first-order chi connectivity index (χ1) is 7.48. The summed E-state index contributed by atoms with van der Waals surface area (Å²) < 4.78 is 17.1. The zero-order chi connectivity index (χ0) is 12.2. The fourth-order valence-corrected chi connectivity index (χ4v) is 2.35. The molecule has 0 saturated heterocycles. The molecule has 86 valence electrons. The van der Waals surface area contributed by atoms with E-state index >= 15 is 0 Å². The summed E-state index contributed by atoms with van der Waals surface area (Å²) in [7, 11) is 0.528. The Balaban J connectivity index is 3.04. The van der Waals surface area contributed by atoms with Crippen molar-refractivity contribution in [2.75, 3.05) is 14.1 Å². The highest BCUT2D eigenvalue weighted by molar-refractivity contribution is 7.90. The number of aromatic nitrogens is 1. The summed E-state index contributed by atoms with van der Waals surface area (Å²) in [6.07, 6.45) is 3.11. The summed E-state index contributed by atoms with van der Waals surface area (Å²) in [5.74, 6) is 0.151. The van der Waals surface area contributed by atoms with Crippen LogP contribution in [-0.4, -0.2) is 27.6 Å². The SMILES string of the molecule is CN(C)S(=O)(Cc1ccc(Cl)nc1)=NC#N. The number of hydrogen-bond acceptors (Lipinski definition) is 4. The molecule has 7 heteroatoms. The van der Waals surface area contributed by atoms with Crippen LogP contribution < -0.4 is 0 Å². The van der Waals surface area contributed by atoms with Gasteiger partial charge in [-0.2, -0.15) is 5.26 Å². The molecule has 5 nitrogen and oxygen atoms in total. The summed E-state index contributed by atoms with van der Waals surface area (Å²) in [4.78, 5) is 3.88. The molecule has 1 aromatic heterocycles. The van der Waals surface area contributed by atoms with Gasteiger partial charge in [-0.15, -0.1) is 4.36 Å². The summed E-state index contributed by atoms with van der Waals surface area (Å²) in [6, 6.07) is 3.32. The molecule has 1 aromatic rings. The number of rotatable bonds is 3. The van der Waals surface area contributed by atoms with E-state index < -0.39 is 9.92 Å². The molecule has 16 heavy (non-hydrogen) atoms. The van der Waals surface area contributed by atoms with Crippen molar-refractivity contribution in [3.05, 3.63) is 29.0 Å². The van der Waals surface area contributed by atoms with Crippen LogP contribution in [0.4, 0.5) is 0 Å². The van der Waals surface area contributed by atoms with Crippen molar-refractivity contribution in [2.24, 2.45) is 4.36 Å². The predicted octanol–water partition coefficient (Wildman–Crippen LogP) is 1.66. The van der Waals surface area contributed by atoms with Gasteiger partial charge in [-0.25, -0.2) is 13.5 Å². The number of nitrogens with zero attached hydrogens (tertiary/aromatic N) is 4. The molecule has 0 aliphatic carbocycles. The summed E-state index contributed by atoms with van der Waals surface area (Å²) in [6.45, 7) is 0. The average Bonchev–Trinajstić information content (AvgIpc) is 2.22. The third-order valence-corrected chi connectivity index (χ3v) is 4.34. The molecule has 1 atom stereocenters. The van der Waals surface area contributed by atoms with Gasteiger partial charge in [0, 0.05) is 20.3 Å². The van der Waals surface area contributed by atoms with E-state index in [0.29, 0.717) is 5.15 Å². The second-order valence-corrected chi connectivity index (χ2v) is 6.05. The van der Waals surface area contributed by atoms with Gasteiger partial charge in [0.2, 0.25) is 6.19 Å². The van der Waals surface area contributed by atoms with E-state index in [-0.39, 0.29) is 5.75 Å². The smallest absolute Gasteiger partial charge is 0.215 e. The highest BCUT2D eigenvalue weighted by Crippen LogP contribution is 2.12. The molecule has 0 aromatic carbocycles. The first-order valence-electron chi connectivity index (χ1n) is 4.39. The predicted molar refractivity (Wildman–Crippen MR) is 62.8 cm³/mol. The lowest BCUT2D eigenvalue weighted by atomic mass is 10.3. The lowest BCUT2D eigenvalue weighted by Crippen LogP contribution is -2.23. The van der Waals surface area contributed by atoms with Gasteiger partial charge in [-0.3, -0.25) is 0 Å². The third kappa shape index (κ3) is 3.17. The van der Waals surface area contributed by atoms with Crippen molar-refractivity contribution in [1.82, 2.24) is 9.29 Å². The van der Waals surface area contributed by atoms with Crippen LogP contribution in [0.25, 0.3) is 0 Å². The number of hydrogen-bond donors (Lipinski definition) is 0. The Morgan fingerprint density at radius 2 is 2.31 bits per heavy atom. The van der Waals surface area contributed by atoms with E-state index in [1.54, 1.807) is 32.4 Å². The van der Waals surface area contributed by atoms with Gasteiger partial charge in [0.25, 0.3) is 0 Å². The van der Waals surface area contributed by atoms with Gasteiger partial charge in [-0.1, -0.05) is 17.7 Å². The molecule has 1 unspecified atom stereocenters. The van der Waals surface area contributed by atoms with Crippen LogP contribution in [0.3, 0.4) is 0 Å². The molecule has 0 spiro atoms. The molecule has 1 heterocycles. The fourth-order valence-electron chi connectivity index (χ4n) is 1.02. The fraction of sp³-hybridized carbons (Fsp3) is 0.333. The molecule has 0 N–H and O–H groups in total. The van der Waals surface area contributed by atoms with E-state index in [0.717, 1.165) is 5.56 Å². The van der Waals surface area contributed by atoms with Crippen molar-refractivity contribution in [1.29, 1.82) is 5.26 Å². The van der Waals surface area contributed by atoms with E-state index in [9.17, 15) is 4.21 Å². The van der Waals surface area contributed by atoms with Crippen molar-refractivity contribution in [3.63, 3.8) is 0 Å². The molecule has 0 aliphatic heterocycles. The highest BCUT2D eigenvalue weighted by Gasteiger charge is 2.13. The van der Waals surface area contributed by atoms with Crippen molar-refractivity contribution < 1.29 is 4.21 Å². The van der Waals surface area contributed by atoms with E-state index in [1.807, 2.05) is 0 Å². The summed E-state index contributed by atoms with van der Waals surface area (Å²) >= 11 is 5.64. The molecule has 0 amide bonds. The highest BCUT2D eigenvalue weighted by atomic mass is 35.5. The minimum absolute atomic E-state index is 0.151. The number of halogens is 1. The van der Waals surface area contributed by atoms with Gasteiger partial charge < -0.3 is 0 Å². The topological polar surface area (TPSA) is 69.3 Å². The van der Waals surface area contributed by atoms with E-state index in [2.05, 4.69) is 9.35 Å². The second kappa shape index (κ2) is 5.25. The number of pyridine rings is 1. The van der Waals surface area contributed by atoms with Crippen molar-refractivity contribution >= 4 is 21.5 Å². The van der Waals surface area contributed by atoms with Gasteiger partial charge in [-0.05, 0) is 11.6 Å². The van der Waals surface area contributed by atoms with E-state index in [1.165, 1.54) is 10.5 Å². The van der Waals surface area contributed by atoms with Crippen LogP contribution >= 0.6 is 11.6 Å². The Labute approximate surface area is 100.0 Å². The standard InChI is InChI=1S/C9H11ClN4OS/c1-14(2)16(15,13-7-11)6-8-3-4-9(10)12-5-8/h3-5H,6H2,1-2H3. The molecule has 1 rings (SSSR count). The average molecular weight is 259 g/mol. The maximum absolute atomic E-state index is 12.2. The maximum atomic E-state index is 12.2. The maximum Gasteiger partial charge on any atom is 0.215 e. The van der Waals surface area contributed by atoms with Crippen LogP contribution in [0.15, 0.2) is 22.7 Å². The molecular formula is C9H11ClN4OS. The van der Waals surface area contributed by atoms with Crippen LogP contribution in [0, 0.1) is 11.5 Å². The van der Waals surface area contributed by atoms with Gasteiger partial charge in [0.15, 0.2) is 0 Å². The zero-order valence-electron chi connectivity index (χ0n) is 8.92. The minimum Gasteiger partial charge on any atom is -0.244 e.